The number of amides is 1. The summed E-state index contributed by atoms with van der Waals surface area (Å²) in [6.07, 6.45) is 5.15. The van der Waals surface area contributed by atoms with Gasteiger partial charge in [0.05, 0.1) is 17.8 Å². The Morgan fingerprint density at radius 3 is 2.47 bits per heavy atom. The van der Waals surface area contributed by atoms with Crippen LogP contribution in [0.4, 0.5) is 11.4 Å². The lowest BCUT2D eigenvalue weighted by molar-refractivity contribution is -0.114. The Labute approximate surface area is 202 Å². The first-order valence-corrected chi connectivity index (χ1v) is 11.3. The van der Waals surface area contributed by atoms with Gasteiger partial charge >= 0.3 is 0 Å². The van der Waals surface area contributed by atoms with Crippen LogP contribution in [0.25, 0.3) is 0 Å². The molecule has 9 nitrogen and oxygen atoms in total. The first kappa shape index (κ1) is 21.8. The van der Waals surface area contributed by atoms with E-state index < -0.39 is 0 Å². The Kier molecular flexibility index (Phi) is 5.58. The van der Waals surface area contributed by atoms with Gasteiger partial charge in [0.2, 0.25) is 5.91 Å². The molecule has 1 amide bonds. The van der Waals surface area contributed by atoms with Gasteiger partial charge in [-0.3, -0.25) is 14.5 Å². The zero-order chi connectivity index (χ0) is 23.8. The van der Waals surface area contributed by atoms with Gasteiger partial charge < -0.3 is 15.5 Å². The third-order valence-electron chi connectivity index (χ3n) is 5.95. The highest BCUT2D eigenvalue weighted by molar-refractivity contribution is 7.80. The fourth-order valence-electron chi connectivity index (χ4n) is 4.59. The Hall–Kier alpha value is -4.05. The van der Waals surface area contributed by atoms with Crippen molar-refractivity contribution in [2.45, 2.75) is 32.9 Å². The molecular weight excluding hydrogens is 448 g/mol. The predicted octanol–water partition coefficient (Wildman–Crippen LogP) is 3.54. The number of pyridine rings is 1. The van der Waals surface area contributed by atoms with Crippen molar-refractivity contribution in [2.24, 2.45) is 0 Å². The minimum Gasteiger partial charge on any atom is -0.351 e. The number of aryl methyl sites for hydroxylation is 1. The summed E-state index contributed by atoms with van der Waals surface area (Å²) < 4.78 is 3.93. The van der Waals surface area contributed by atoms with Gasteiger partial charge in [-0.25, -0.2) is 4.68 Å². The van der Waals surface area contributed by atoms with Crippen LogP contribution in [0, 0.1) is 13.8 Å². The number of thiocarbonyl (C=S) groups is 1. The highest BCUT2D eigenvalue weighted by Crippen LogP contribution is 2.43. The maximum Gasteiger partial charge on any atom is 0.221 e. The number of benzene rings is 1. The van der Waals surface area contributed by atoms with Crippen LogP contribution in [0.15, 0.2) is 67.4 Å². The fourth-order valence-corrected chi connectivity index (χ4v) is 4.93. The molecule has 0 bridgehead atoms. The smallest absolute Gasteiger partial charge is 0.221 e. The summed E-state index contributed by atoms with van der Waals surface area (Å²) in [6, 6.07) is 15.5. The third-order valence-corrected chi connectivity index (χ3v) is 6.27. The van der Waals surface area contributed by atoms with Gasteiger partial charge in [-0.1, -0.05) is 6.07 Å². The van der Waals surface area contributed by atoms with E-state index in [2.05, 4.69) is 55.3 Å². The van der Waals surface area contributed by atoms with Crippen molar-refractivity contribution in [3.8, 4) is 0 Å². The second-order valence-corrected chi connectivity index (χ2v) is 8.59. The summed E-state index contributed by atoms with van der Waals surface area (Å²) in [5, 5.41) is 14.8. The van der Waals surface area contributed by atoms with Gasteiger partial charge in [0.1, 0.15) is 12.7 Å². The van der Waals surface area contributed by atoms with Gasteiger partial charge in [0, 0.05) is 41.4 Å². The van der Waals surface area contributed by atoms with E-state index in [4.69, 9.17) is 12.2 Å². The van der Waals surface area contributed by atoms with E-state index in [0.717, 1.165) is 34.0 Å². The molecule has 4 aromatic rings. The first-order chi connectivity index (χ1) is 16.4. The second kappa shape index (κ2) is 8.71. The Morgan fingerprint density at radius 1 is 1.09 bits per heavy atom. The molecule has 0 saturated carbocycles. The van der Waals surface area contributed by atoms with E-state index in [1.807, 2.05) is 47.1 Å². The lowest BCUT2D eigenvalue weighted by Crippen LogP contribution is -2.29. The minimum absolute atomic E-state index is 0.111. The summed E-state index contributed by atoms with van der Waals surface area (Å²) in [4.78, 5) is 18.2. The molecular formula is C24H24N8OS. The van der Waals surface area contributed by atoms with Gasteiger partial charge in [-0.05, 0) is 68.5 Å². The summed E-state index contributed by atoms with van der Waals surface area (Å²) in [5.74, 6) is -0.111. The monoisotopic (exact) mass is 472 g/mol. The number of aromatic nitrogens is 5. The van der Waals surface area contributed by atoms with Crippen LogP contribution in [0.3, 0.4) is 0 Å². The Bertz CT molecular complexity index is 1330. The predicted molar refractivity (Wildman–Crippen MR) is 133 cm³/mol. The Balaban J connectivity index is 1.62. The van der Waals surface area contributed by atoms with Crippen molar-refractivity contribution in [3.63, 3.8) is 0 Å². The van der Waals surface area contributed by atoms with E-state index in [-0.39, 0.29) is 18.0 Å². The van der Waals surface area contributed by atoms with E-state index in [1.54, 1.807) is 18.9 Å². The van der Waals surface area contributed by atoms with Crippen molar-refractivity contribution >= 4 is 34.6 Å². The van der Waals surface area contributed by atoms with E-state index in [1.165, 1.54) is 6.92 Å². The van der Waals surface area contributed by atoms with E-state index >= 15 is 0 Å². The van der Waals surface area contributed by atoms with Gasteiger partial charge in [-0.15, -0.1) is 10.2 Å². The molecule has 3 aromatic heterocycles. The molecule has 172 valence electrons. The van der Waals surface area contributed by atoms with Crippen LogP contribution in [0.5, 0.6) is 0 Å². The summed E-state index contributed by atoms with van der Waals surface area (Å²) in [7, 11) is 0. The van der Waals surface area contributed by atoms with E-state index in [0.29, 0.717) is 5.11 Å². The number of anilines is 2. The number of nitrogens with zero attached hydrogens (tertiary/aromatic N) is 6. The lowest BCUT2D eigenvalue weighted by atomic mass is 9.96. The maximum absolute atomic E-state index is 11.4. The number of hydrogen-bond acceptors (Lipinski definition) is 5. The molecule has 0 radical (unpaired) electrons. The zero-order valence-corrected chi connectivity index (χ0v) is 19.8. The average molecular weight is 473 g/mol. The first-order valence-electron chi connectivity index (χ1n) is 10.9. The van der Waals surface area contributed by atoms with E-state index in [9.17, 15) is 4.79 Å². The SMILES string of the molecule is CC(=O)Nc1ccc(N2C(=S)N[C@@H](c3ccccn3)[C@H]2c2cc(C)n(-n3cnnc3)c2C)cc1. The van der Waals surface area contributed by atoms with Crippen molar-refractivity contribution in [1.29, 1.82) is 0 Å². The molecule has 0 aliphatic carbocycles. The highest BCUT2D eigenvalue weighted by atomic mass is 32.1. The van der Waals surface area contributed by atoms with Gasteiger partial charge in [0.15, 0.2) is 5.11 Å². The number of carbonyl (C=O) groups excluding carboxylic acids is 1. The van der Waals surface area contributed by atoms with Crippen LogP contribution < -0.4 is 15.5 Å². The molecule has 0 spiro atoms. The van der Waals surface area contributed by atoms with Crippen molar-refractivity contribution < 1.29 is 4.79 Å². The van der Waals surface area contributed by atoms with Crippen molar-refractivity contribution in [1.82, 2.24) is 29.9 Å². The normalized spacial score (nSPS) is 17.6. The average Bonchev–Trinajstić information content (AvgIpc) is 3.52. The number of nitrogens with one attached hydrogen (secondary N) is 2. The molecule has 4 heterocycles. The molecule has 2 N–H and O–H groups in total. The molecule has 1 aliphatic rings. The summed E-state index contributed by atoms with van der Waals surface area (Å²) in [5.41, 5.74) is 5.77. The molecule has 34 heavy (non-hydrogen) atoms. The van der Waals surface area contributed by atoms with Crippen LogP contribution in [0.2, 0.25) is 0 Å². The second-order valence-electron chi connectivity index (χ2n) is 8.20. The van der Waals surface area contributed by atoms with Gasteiger partial charge in [-0.2, -0.15) is 0 Å². The van der Waals surface area contributed by atoms with Crippen molar-refractivity contribution in [2.75, 3.05) is 10.2 Å². The van der Waals surface area contributed by atoms with Crippen LogP contribution in [-0.2, 0) is 4.79 Å². The molecule has 2 atom stereocenters. The molecule has 1 aromatic carbocycles. The van der Waals surface area contributed by atoms with Crippen LogP contribution in [0.1, 0.15) is 41.7 Å². The summed E-state index contributed by atoms with van der Waals surface area (Å²) in [6.45, 7) is 5.63. The molecule has 1 saturated heterocycles. The number of carbonyl (C=O) groups is 1. The van der Waals surface area contributed by atoms with Crippen LogP contribution >= 0.6 is 12.2 Å². The quantitative estimate of drug-likeness (QED) is 0.429. The van der Waals surface area contributed by atoms with Crippen molar-refractivity contribution in [3.05, 3.63) is 90.0 Å². The Morgan fingerprint density at radius 2 is 1.82 bits per heavy atom. The topological polar surface area (TPSA) is 92.9 Å². The molecule has 5 rings (SSSR count). The van der Waals surface area contributed by atoms with Gasteiger partial charge in [0.25, 0.3) is 0 Å². The number of hydrogen-bond donors (Lipinski definition) is 2. The minimum atomic E-state index is -0.154. The largest absolute Gasteiger partial charge is 0.351 e. The molecule has 0 unspecified atom stereocenters. The maximum atomic E-state index is 11.4. The molecule has 1 aliphatic heterocycles. The standard InChI is InChI=1S/C24H24N8OS/c1-15-12-20(16(2)32(15)30-13-26-27-14-30)23-22(21-6-4-5-11-25-21)29-24(34)31(23)19-9-7-18(8-10-19)28-17(3)33/h4-14,22-23H,1-3H3,(H,28,33)(H,29,34)/t22-,23+/m0/s1. The third kappa shape index (κ3) is 3.81. The molecule has 10 heteroatoms. The highest BCUT2D eigenvalue weighted by Gasteiger charge is 2.42. The lowest BCUT2D eigenvalue weighted by Gasteiger charge is -2.28. The fraction of sp³-hybridized carbons (Fsp3) is 0.208. The summed E-state index contributed by atoms with van der Waals surface area (Å²) >= 11 is 5.83. The zero-order valence-electron chi connectivity index (χ0n) is 19.0. The van der Waals surface area contributed by atoms with Crippen LogP contribution in [-0.4, -0.2) is 35.6 Å². The molecule has 1 fully saturated rings. The number of rotatable bonds is 5.